The first-order chi connectivity index (χ1) is 6.70. The molecular weight excluding hydrogens is 180 g/mol. The molecule has 0 aromatic carbocycles. The predicted molar refractivity (Wildman–Crippen MR) is 54.0 cm³/mol. The maximum atomic E-state index is 10.1. The zero-order valence-electron chi connectivity index (χ0n) is 8.99. The molecule has 0 amide bonds. The van der Waals surface area contributed by atoms with Gasteiger partial charge < -0.3 is 14.3 Å². The summed E-state index contributed by atoms with van der Waals surface area (Å²) in [5.41, 5.74) is -0.530. The van der Waals surface area contributed by atoms with Gasteiger partial charge in [-0.25, -0.2) is 0 Å². The summed E-state index contributed by atoms with van der Waals surface area (Å²) in [6, 6.07) is 3.54. The van der Waals surface area contributed by atoms with E-state index in [0.717, 1.165) is 12.8 Å². The molecule has 3 nitrogen and oxygen atoms in total. The van der Waals surface area contributed by atoms with Crippen LogP contribution < -0.4 is 0 Å². The van der Waals surface area contributed by atoms with Crippen LogP contribution in [0.3, 0.4) is 0 Å². The van der Waals surface area contributed by atoms with Gasteiger partial charge in [-0.1, -0.05) is 13.8 Å². The number of aliphatic hydroxyl groups is 1. The van der Waals surface area contributed by atoms with Crippen LogP contribution in [0.1, 0.15) is 38.6 Å². The van der Waals surface area contributed by atoms with Crippen LogP contribution in [-0.4, -0.2) is 17.8 Å². The van der Waals surface area contributed by atoms with E-state index in [0.29, 0.717) is 5.76 Å². The van der Waals surface area contributed by atoms with Crippen molar-refractivity contribution in [3.8, 4) is 0 Å². The second kappa shape index (κ2) is 4.62. The number of rotatable bonds is 5. The highest BCUT2D eigenvalue weighted by atomic mass is 16.5. The Kier molecular flexibility index (Phi) is 3.72. The Morgan fingerprint density at radius 3 is 2.50 bits per heavy atom. The summed E-state index contributed by atoms with van der Waals surface area (Å²) in [6.07, 6.45) is 2.37. The molecule has 1 aromatic rings. The molecule has 0 fully saturated rings. The molecule has 14 heavy (non-hydrogen) atoms. The topological polar surface area (TPSA) is 42.6 Å². The van der Waals surface area contributed by atoms with Crippen LogP contribution in [0, 0.1) is 0 Å². The SMILES string of the molecule is CCC(CC)(OC)C(O)c1ccco1. The number of ether oxygens (including phenoxy) is 1. The highest BCUT2D eigenvalue weighted by Crippen LogP contribution is 2.34. The van der Waals surface area contributed by atoms with Crippen molar-refractivity contribution in [2.75, 3.05) is 7.11 Å². The normalized spacial score (nSPS) is 14.3. The monoisotopic (exact) mass is 198 g/mol. The standard InChI is InChI=1S/C11H18O3/c1-4-11(5-2,13-3)10(12)9-7-6-8-14-9/h6-8,10,12H,4-5H2,1-3H3. The molecule has 1 aromatic heterocycles. The van der Waals surface area contributed by atoms with Crippen LogP contribution in [0.2, 0.25) is 0 Å². The molecule has 80 valence electrons. The second-order valence-electron chi connectivity index (χ2n) is 3.39. The highest BCUT2D eigenvalue weighted by Gasteiger charge is 2.37. The third kappa shape index (κ3) is 1.83. The minimum absolute atomic E-state index is 0.530. The van der Waals surface area contributed by atoms with Gasteiger partial charge in [0.05, 0.1) is 6.26 Å². The predicted octanol–water partition coefficient (Wildman–Crippen LogP) is 2.52. The lowest BCUT2D eigenvalue weighted by Crippen LogP contribution is -2.37. The number of hydrogen-bond donors (Lipinski definition) is 1. The van der Waals surface area contributed by atoms with Crippen LogP contribution in [0.4, 0.5) is 0 Å². The number of aliphatic hydroxyl groups excluding tert-OH is 1. The van der Waals surface area contributed by atoms with E-state index in [1.807, 2.05) is 13.8 Å². The summed E-state index contributed by atoms with van der Waals surface area (Å²) in [6.45, 7) is 4.00. The van der Waals surface area contributed by atoms with Crippen molar-refractivity contribution in [2.24, 2.45) is 0 Å². The van der Waals surface area contributed by atoms with Gasteiger partial charge in [-0.05, 0) is 25.0 Å². The Morgan fingerprint density at radius 1 is 1.50 bits per heavy atom. The van der Waals surface area contributed by atoms with Crippen molar-refractivity contribution in [1.29, 1.82) is 0 Å². The minimum atomic E-state index is -0.697. The van der Waals surface area contributed by atoms with Crippen molar-refractivity contribution < 1.29 is 14.3 Å². The lowest BCUT2D eigenvalue weighted by Gasteiger charge is -2.33. The molecule has 0 aliphatic heterocycles. The van der Waals surface area contributed by atoms with E-state index in [9.17, 15) is 5.11 Å². The van der Waals surface area contributed by atoms with Gasteiger partial charge in [0.15, 0.2) is 0 Å². The minimum Gasteiger partial charge on any atom is -0.466 e. The van der Waals surface area contributed by atoms with Crippen molar-refractivity contribution in [3.63, 3.8) is 0 Å². The van der Waals surface area contributed by atoms with Crippen LogP contribution in [0.15, 0.2) is 22.8 Å². The average Bonchev–Trinajstić information content (AvgIpc) is 2.74. The van der Waals surface area contributed by atoms with Gasteiger partial charge in [-0.3, -0.25) is 0 Å². The zero-order valence-corrected chi connectivity index (χ0v) is 8.99. The Hall–Kier alpha value is -0.800. The lowest BCUT2D eigenvalue weighted by molar-refractivity contribution is -0.116. The zero-order chi connectivity index (χ0) is 10.6. The summed E-state index contributed by atoms with van der Waals surface area (Å²) in [5, 5.41) is 10.1. The molecular formula is C11H18O3. The molecule has 0 aliphatic carbocycles. The van der Waals surface area contributed by atoms with Crippen LogP contribution in [0.5, 0.6) is 0 Å². The molecule has 1 N–H and O–H groups in total. The van der Waals surface area contributed by atoms with Crippen LogP contribution >= 0.6 is 0 Å². The van der Waals surface area contributed by atoms with E-state index in [-0.39, 0.29) is 0 Å². The van der Waals surface area contributed by atoms with E-state index in [4.69, 9.17) is 9.15 Å². The first-order valence-electron chi connectivity index (χ1n) is 4.96. The van der Waals surface area contributed by atoms with Gasteiger partial charge in [0.1, 0.15) is 17.5 Å². The fourth-order valence-electron chi connectivity index (χ4n) is 1.74. The molecule has 0 radical (unpaired) electrons. The second-order valence-corrected chi connectivity index (χ2v) is 3.39. The Morgan fingerprint density at radius 2 is 2.14 bits per heavy atom. The molecule has 1 rings (SSSR count). The maximum absolute atomic E-state index is 10.1. The fourth-order valence-corrected chi connectivity index (χ4v) is 1.74. The van der Waals surface area contributed by atoms with Crippen molar-refractivity contribution in [3.05, 3.63) is 24.2 Å². The summed E-state index contributed by atoms with van der Waals surface area (Å²) in [5.74, 6) is 0.565. The molecule has 1 unspecified atom stereocenters. The molecule has 0 spiro atoms. The summed E-state index contributed by atoms with van der Waals surface area (Å²) < 4.78 is 10.6. The Bertz CT molecular complexity index is 241. The van der Waals surface area contributed by atoms with Crippen molar-refractivity contribution >= 4 is 0 Å². The summed E-state index contributed by atoms with van der Waals surface area (Å²) in [4.78, 5) is 0. The first kappa shape index (κ1) is 11.3. The molecule has 1 atom stereocenters. The van der Waals surface area contributed by atoms with Gasteiger partial charge in [0.25, 0.3) is 0 Å². The Labute approximate surface area is 84.7 Å². The number of hydrogen-bond acceptors (Lipinski definition) is 3. The van der Waals surface area contributed by atoms with Gasteiger partial charge in [0.2, 0.25) is 0 Å². The lowest BCUT2D eigenvalue weighted by atomic mass is 9.89. The number of furan rings is 1. The molecule has 0 aliphatic rings. The van der Waals surface area contributed by atoms with Crippen molar-refractivity contribution in [1.82, 2.24) is 0 Å². The first-order valence-corrected chi connectivity index (χ1v) is 4.96. The van der Waals surface area contributed by atoms with E-state index >= 15 is 0 Å². The number of methoxy groups -OCH3 is 1. The van der Waals surface area contributed by atoms with Crippen molar-refractivity contribution in [2.45, 2.75) is 38.4 Å². The van der Waals surface area contributed by atoms with Gasteiger partial charge in [-0.2, -0.15) is 0 Å². The van der Waals surface area contributed by atoms with Gasteiger partial charge in [-0.15, -0.1) is 0 Å². The van der Waals surface area contributed by atoms with E-state index in [1.165, 1.54) is 0 Å². The van der Waals surface area contributed by atoms with Crippen LogP contribution in [-0.2, 0) is 4.74 Å². The summed E-state index contributed by atoms with van der Waals surface area (Å²) in [7, 11) is 1.62. The molecule has 3 heteroatoms. The fraction of sp³-hybridized carbons (Fsp3) is 0.636. The largest absolute Gasteiger partial charge is 0.466 e. The highest BCUT2D eigenvalue weighted by molar-refractivity contribution is 5.07. The molecule has 1 heterocycles. The van der Waals surface area contributed by atoms with Gasteiger partial charge in [0, 0.05) is 7.11 Å². The molecule has 0 saturated heterocycles. The Balaban J connectivity index is 2.89. The smallest absolute Gasteiger partial charge is 0.140 e. The summed E-state index contributed by atoms with van der Waals surface area (Å²) >= 11 is 0. The molecule has 0 saturated carbocycles. The van der Waals surface area contributed by atoms with E-state index in [2.05, 4.69) is 0 Å². The average molecular weight is 198 g/mol. The molecule has 0 bridgehead atoms. The maximum Gasteiger partial charge on any atom is 0.140 e. The quantitative estimate of drug-likeness (QED) is 0.790. The van der Waals surface area contributed by atoms with Gasteiger partial charge >= 0.3 is 0 Å². The van der Waals surface area contributed by atoms with Crippen LogP contribution in [0.25, 0.3) is 0 Å². The van der Waals surface area contributed by atoms with E-state index in [1.54, 1.807) is 25.5 Å². The third-order valence-corrected chi connectivity index (χ3v) is 2.91. The van der Waals surface area contributed by atoms with E-state index < -0.39 is 11.7 Å². The third-order valence-electron chi connectivity index (χ3n) is 2.91.